The molecule has 2 heterocycles. The molecule has 1 fully saturated rings. The molecule has 1 aliphatic heterocycles. The maximum absolute atomic E-state index is 4.75. The maximum atomic E-state index is 4.75. The van der Waals surface area contributed by atoms with Gasteiger partial charge in [0.2, 0.25) is 0 Å². The molecule has 3 rings (SSSR count). The Bertz CT molecular complexity index is 461. The van der Waals surface area contributed by atoms with Crippen molar-refractivity contribution in [1.82, 2.24) is 10.3 Å². The molecule has 0 unspecified atom stereocenters. The molecule has 1 aromatic heterocycles. The second-order valence-electron chi connectivity index (χ2n) is 5.65. The lowest BCUT2D eigenvalue weighted by atomic mass is 9.89. The van der Waals surface area contributed by atoms with Gasteiger partial charge in [0.25, 0.3) is 0 Å². The van der Waals surface area contributed by atoms with Crippen LogP contribution in [0.15, 0.2) is 10.4 Å². The summed E-state index contributed by atoms with van der Waals surface area (Å²) in [4.78, 5) is 9.23. The van der Waals surface area contributed by atoms with Crippen molar-refractivity contribution < 1.29 is 0 Å². The number of nitrogens with one attached hydrogen (secondary N) is 1. The SMILES string of the molecule is Cc1nc(CCNC2=NCC3(CCCC3)CS2)cs1. The van der Waals surface area contributed by atoms with Crippen molar-refractivity contribution in [2.45, 2.75) is 39.0 Å². The van der Waals surface area contributed by atoms with Gasteiger partial charge in [0.15, 0.2) is 5.17 Å². The van der Waals surface area contributed by atoms with E-state index in [0.717, 1.165) is 29.7 Å². The van der Waals surface area contributed by atoms with Crippen molar-refractivity contribution in [1.29, 1.82) is 0 Å². The first kappa shape index (κ1) is 13.4. The van der Waals surface area contributed by atoms with Gasteiger partial charge in [-0.2, -0.15) is 0 Å². The molecule has 0 amide bonds. The molecule has 0 saturated heterocycles. The minimum Gasteiger partial charge on any atom is -0.365 e. The Labute approximate surface area is 123 Å². The molecule has 0 aromatic carbocycles. The summed E-state index contributed by atoms with van der Waals surface area (Å²) < 4.78 is 0. The summed E-state index contributed by atoms with van der Waals surface area (Å²) in [6.07, 6.45) is 6.57. The van der Waals surface area contributed by atoms with E-state index >= 15 is 0 Å². The molecule has 1 aliphatic carbocycles. The van der Waals surface area contributed by atoms with Crippen molar-refractivity contribution in [3.8, 4) is 0 Å². The number of aryl methyl sites for hydroxylation is 1. The van der Waals surface area contributed by atoms with Crippen LogP contribution in [0.25, 0.3) is 0 Å². The number of hydrogen-bond acceptors (Lipinski definition) is 5. The highest BCUT2D eigenvalue weighted by atomic mass is 32.2. The minimum absolute atomic E-state index is 0.544. The standard InChI is InChI=1S/C14H21N3S2/c1-11-17-12(8-18-11)4-7-15-13-16-9-14(10-19-13)5-2-3-6-14/h8H,2-7,9-10H2,1H3,(H,15,16). The largest absolute Gasteiger partial charge is 0.365 e. The lowest BCUT2D eigenvalue weighted by Gasteiger charge is -2.31. The van der Waals surface area contributed by atoms with Crippen molar-refractivity contribution >= 4 is 28.3 Å². The lowest BCUT2D eigenvalue weighted by molar-refractivity contribution is 0.358. The Balaban J connectivity index is 1.45. The number of hydrogen-bond donors (Lipinski definition) is 1. The summed E-state index contributed by atoms with van der Waals surface area (Å²) in [5.74, 6) is 1.26. The topological polar surface area (TPSA) is 37.3 Å². The van der Waals surface area contributed by atoms with Crippen LogP contribution in [0.2, 0.25) is 0 Å². The predicted molar refractivity (Wildman–Crippen MR) is 84.2 cm³/mol. The van der Waals surface area contributed by atoms with Crippen molar-refractivity contribution in [2.24, 2.45) is 10.4 Å². The second-order valence-corrected chi connectivity index (χ2v) is 7.68. The van der Waals surface area contributed by atoms with Gasteiger partial charge in [-0.05, 0) is 25.2 Å². The van der Waals surface area contributed by atoms with Gasteiger partial charge >= 0.3 is 0 Å². The van der Waals surface area contributed by atoms with Crippen molar-refractivity contribution in [3.05, 3.63) is 16.1 Å². The van der Waals surface area contributed by atoms with Gasteiger partial charge in [0.05, 0.1) is 10.7 Å². The fraction of sp³-hybridized carbons (Fsp3) is 0.714. The van der Waals surface area contributed by atoms with E-state index < -0.39 is 0 Å². The van der Waals surface area contributed by atoms with E-state index in [1.54, 1.807) is 11.3 Å². The highest BCUT2D eigenvalue weighted by Crippen LogP contribution is 2.43. The zero-order chi connectivity index (χ0) is 13.1. The molecule has 0 bridgehead atoms. The van der Waals surface area contributed by atoms with Crippen LogP contribution < -0.4 is 5.32 Å². The molecule has 1 spiro atoms. The summed E-state index contributed by atoms with van der Waals surface area (Å²) in [7, 11) is 0. The third kappa shape index (κ3) is 3.31. The Morgan fingerprint density at radius 3 is 2.84 bits per heavy atom. The Morgan fingerprint density at radius 1 is 1.37 bits per heavy atom. The molecule has 2 aliphatic rings. The molecule has 1 saturated carbocycles. The number of aromatic nitrogens is 1. The summed E-state index contributed by atoms with van der Waals surface area (Å²) in [6.45, 7) is 4.05. The molecule has 19 heavy (non-hydrogen) atoms. The Hall–Kier alpha value is -0.550. The molecule has 0 radical (unpaired) electrons. The highest BCUT2D eigenvalue weighted by molar-refractivity contribution is 8.13. The van der Waals surface area contributed by atoms with Crippen LogP contribution in [0, 0.1) is 12.3 Å². The van der Waals surface area contributed by atoms with Crippen LogP contribution in [0.5, 0.6) is 0 Å². The third-order valence-corrected chi connectivity index (χ3v) is 6.19. The van der Waals surface area contributed by atoms with Crippen molar-refractivity contribution in [3.63, 3.8) is 0 Å². The minimum atomic E-state index is 0.544. The predicted octanol–water partition coefficient (Wildman–Crippen LogP) is 3.25. The molecule has 1 aromatic rings. The van der Waals surface area contributed by atoms with Gasteiger partial charge in [0, 0.05) is 30.6 Å². The number of nitrogens with zero attached hydrogens (tertiary/aromatic N) is 2. The van der Waals surface area contributed by atoms with Crippen LogP contribution >= 0.6 is 23.1 Å². The van der Waals surface area contributed by atoms with E-state index in [1.807, 2.05) is 11.8 Å². The van der Waals surface area contributed by atoms with Gasteiger partial charge < -0.3 is 5.32 Å². The van der Waals surface area contributed by atoms with E-state index in [-0.39, 0.29) is 0 Å². The summed E-state index contributed by atoms with van der Waals surface area (Å²) in [6, 6.07) is 0. The van der Waals surface area contributed by atoms with E-state index in [2.05, 4.69) is 22.6 Å². The summed E-state index contributed by atoms with van der Waals surface area (Å²) in [5.41, 5.74) is 1.74. The molecule has 104 valence electrons. The first-order valence-corrected chi connectivity index (χ1v) is 8.94. The highest BCUT2D eigenvalue weighted by Gasteiger charge is 2.36. The van der Waals surface area contributed by atoms with E-state index in [1.165, 1.54) is 37.1 Å². The van der Waals surface area contributed by atoms with E-state index in [0.29, 0.717) is 5.41 Å². The van der Waals surface area contributed by atoms with E-state index in [9.17, 15) is 0 Å². The second kappa shape index (κ2) is 5.83. The number of aliphatic imine (C=N–C) groups is 1. The number of amidine groups is 1. The van der Waals surface area contributed by atoms with E-state index in [4.69, 9.17) is 4.99 Å². The van der Waals surface area contributed by atoms with Crippen LogP contribution in [-0.4, -0.2) is 29.0 Å². The van der Waals surface area contributed by atoms with Crippen LogP contribution in [0.4, 0.5) is 0 Å². The fourth-order valence-electron chi connectivity index (χ4n) is 2.91. The monoisotopic (exact) mass is 295 g/mol. The van der Waals surface area contributed by atoms with Crippen LogP contribution in [-0.2, 0) is 6.42 Å². The fourth-order valence-corrected chi connectivity index (χ4v) is 4.74. The summed E-state index contributed by atoms with van der Waals surface area (Å²) in [5, 5.41) is 7.91. The van der Waals surface area contributed by atoms with Crippen molar-refractivity contribution in [2.75, 3.05) is 18.8 Å². The Kier molecular flexibility index (Phi) is 4.12. The maximum Gasteiger partial charge on any atom is 0.156 e. The van der Waals surface area contributed by atoms with Crippen LogP contribution in [0.3, 0.4) is 0 Å². The van der Waals surface area contributed by atoms with Gasteiger partial charge in [-0.15, -0.1) is 11.3 Å². The molecule has 0 atom stereocenters. The molecular weight excluding hydrogens is 274 g/mol. The molecule has 3 nitrogen and oxygen atoms in total. The zero-order valence-electron chi connectivity index (χ0n) is 11.4. The van der Waals surface area contributed by atoms with Gasteiger partial charge in [-0.25, -0.2) is 4.98 Å². The lowest BCUT2D eigenvalue weighted by Crippen LogP contribution is -2.34. The third-order valence-electron chi connectivity index (χ3n) is 4.06. The van der Waals surface area contributed by atoms with Gasteiger partial charge in [-0.1, -0.05) is 24.6 Å². The Morgan fingerprint density at radius 2 is 2.21 bits per heavy atom. The summed E-state index contributed by atoms with van der Waals surface area (Å²) >= 11 is 3.65. The van der Waals surface area contributed by atoms with Gasteiger partial charge in [-0.3, -0.25) is 4.99 Å². The molecular formula is C14H21N3S2. The number of thioether (sulfide) groups is 1. The molecule has 5 heteroatoms. The molecule has 1 N–H and O–H groups in total. The first-order chi connectivity index (χ1) is 9.26. The number of rotatable bonds is 3. The zero-order valence-corrected chi connectivity index (χ0v) is 13.1. The van der Waals surface area contributed by atoms with Gasteiger partial charge in [0.1, 0.15) is 0 Å². The number of thiazole rings is 1. The average molecular weight is 295 g/mol. The first-order valence-electron chi connectivity index (χ1n) is 7.08. The smallest absolute Gasteiger partial charge is 0.156 e. The normalized spacial score (nSPS) is 21.6. The average Bonchev–Trinajstić information content (AvgIpc) is 3.02. The van der Waals surface area contributed by atoms with Crippen LogP contribution in [0.1, 0.15) is 36.4 Å². The quantitative estimate of drug-likeness (QED) is 0.930.